The molecule has 0 bridgehead atoms. The maximum Gasteiger partial charge on any atom is 0.343 e. The molecule has 1 saturated heterocycles. The average Bonchev–Trinajstić information content (AvgIpc) is 2.89. The molecule has 1 aromatic rings. The number of hydrogen-bond acceptors (Lipinski definition) is 6. The van der Waals surface area contributed by atoms with Crippen LogP contribution in [0.4, 0.5) is 5.69 Å². The van der Waals surface area contributed by atoms with Crippen LogP contribution in [-0.4, -0.2) is 37.4 Å². The summed E-state index contributed by atoms with van der Waals surface area (Å²) in [4.78, 5) is 15.6. The van der Waals surface area contributed by atoms with E-state index in [4.69, 9.17) is 15.2 Å². The molecule has 1 unspecified atom stereocenters. The van der Waals surface area contributed by atoms with Gasteiger partial charge in [-0.3, -0.25) is 0 Å². The third-order valence-corrected chi connectivity index (χ3v) is 2.71. The van der Waals surface area contributed by atoms with Crippen LogP contribution in [0.1, 0.15) is 23.2 Å². The van der Waals surface area contributed by atoms with E-state index in [1.54, 1.807) is 0 Å². The summed E-state index contributed by atoms with van der Waals surface area (Å²) >= 11 is 0. The second-order valence-corrected chi connectivity index (χ2v) is 4.06. The Kier molecular flexibility index (Phi) is 3.99. The molecule has 98 valence electrons. The minimum absolute atomic E-state index is 0.0647. The highest BCUT2D eigenvalue weighted by Gasteiger charge is 2.19. The van der Waals surface area contributed by atoms with Crippen molar-refractivity contribution in [2.45, 2.75) is 18.9 Å². The van der Waals surface area contributed by atoms with Gasteiger partial charge in [-0.1, -0.05) is 0 Å². The van der Waals surface area contributed by atoms with Gasteiger partial charge in [-0.15, -0.1) is 0 Å². The smallest absolute Gasteiger partial charge is 0.343 e. The van der Waals surface area contributed by atoms with Crippen LogP contribution in [0.2, 0.25) is 0 Å². The van der Waals surface area contributed by atoms with Crippen molar-refractivity contribution in [1.29, 1.82) is 0 Å². The van der Waals surface area contributed by atoms with E-state index < -0.39 is 5.97 Å². The first-order valence-corrected chi connectivity index (χ1v) is 5.79. The molecule has 2 heterocycles. The number of nitrogens with two attached hydrogens (primary N) is 1. The van der Waals surface area contributed by atoms with Crippen LogP contribution in [0.25, 0.3) is 0 Å². The molecule has 1 aromatic heterocycles. The van der Waals surface area contributed by atoms with Crippen molar-refractivity contribution in [3.05, 3.63) is 17.8 Å². The quantitative estimate of drug-likeness (QED) is 0.805. The van der Waals surface area contributed by atoms with Crippen molar-refractivity contribution in [1.82, 2.24) is 4.98 Å². The number of rotatable bonds is 4. The first-order valence-electron chi connectivity index (χ1n) is 5.79. The molecule has 0 amide bonds. The highest BCUT2D eigenvalue weighted by molar-refractivity contribution is 5.92. The molecule has 0 spiro atoms. The number of ether oxygens (including phenoxy) is 3. The largest absolute Gasteiger partial charge is 0.474 e. The van der Waals surface area contributed by atoms with Gasteiger partial charge in [0.15, 0.2) is 0 Å². The summed E-state index contributed by atoms with van der Waals surface area (Å²) in [6.07, 6.45) is 3.50. The van der Waals surface area contributed by atoms with Gasteiger partial charge < -0.3 is 19.9 Å². The molecular formula is C12H16N2O4. The normalized spacial score (nSPS) is 18.6. The number of methoxy groups -OCH3 is 1. The lowest BCUT2D eigenvalue weighted by Gasteiger charge is -2.13. The predicted octanol–water partition coefficient (Wildman–Crippen LogP) is 1.01. The Bertz CT molecular complexity index is 430. The Labute approximate surface area is 105 Å². The van der Waals surface area contributed by atoms with Gasteiger partial charge in [-0.2, -0.15) is 0 Å². The first-order chi connectivity index (χ1) is 8.70. The summed E-state index contributed by atoms with van der Waals surface area (Å²) in [5.74, 6) is -0.288. The van der Waals surface area contributed by atoms with E-state index in [2.05, 4.69) is 9.72 Å². The number of nitrogen functional groups attached to an aromatic ring is 1. The van der Waals surface area contributed by atoms with Crippen LogP contribution in [0.15, 0.2) is 12.3 Å². The third-order valence-electron chi connectivity index (χ3n) is 2.71. The zero-order valence-electron chi connectivity index (χ0n) is 10.2. The number of nitrogens with zero attached hydrogens (tertiary/aromatic N) is 1. The number of carbonyl (C=O) groups excluding carboxylic acids is 1. The van der Waals surface area contributed by atoms with Crippen LogP contribution >= 0.6 is 0 Å². The zero-order chi connectivity index (χ0) is 13.0. The molecule has 2 rings (SSSR count). The fourth-order valence-electron chi connectivity index (χ4n) is 1.79. The summed E-state index contributed by atoms with van der Waals surface area (Å²) < 4.78 is 15.6. The third kappa shape index (κ3) is 2.89. The number of esters is 1. The second kappa shape index (κ2) is 5.68. The monoisotopic (exact) mass is 252 g/mol. The lowest BCUT2D eigenvalue weighted by molar-refractivity contribution is 0.0561. The van der Waals surface area contributed by atoms with E-state index in [0.29, 0.717) is 12.3 Å². The topological polar surface area (TPSA) is 83.7 Å². The minimum Gasteiger partial charge on any atom is -0.474 e. The standard InChI is InChI=1S/C12H16N2O4/c1-16-12(15)10-5-8(13)6-14-11(10)18-7-9-3-2-4-17-9/h5-6,9H,2-4,7,13H2,1H3. The van der Waals surface area contributed by atoms with Gasteiger partial charge in [0.1, 0.15) is 12.2 Å². The minimum atomic E-state index is -0.517. The molecule has 1 atom stereocenters. The molecule has 6 nitrogen and oxygen atoms in total. The molecule has 6 heteroatoms. The Morgan fingerprint density at radius 1 is 1.67 bits per heavy atom. The van der Waals surface area contributed by atoms with E-state index in [9.17, 15) is 4.79 Å². The Morgan fingerprint density at radius 3 is 3.17 bits per heavy atom. The molecule has 0 saturated carbocycles. The highest BCUT2D eigenvalue weighted by Crippen LogP contribution is 2.20. The second-order valence-electron chi connectivity index (χ2n) is 4.06. The Hall–Kier alpha value is -1.82. The number of pyridine rings is 1. The molecule has 0 radical (unpaired) electrons. The number of hydrogen-bond donors (Lipinski definition) is 1. The van der Waals surface area contributed by atoms with Crippen LogP contribution < -0.4 is 10.5 Å². The summed E-state index contributed by atoms with van der Waals surface area (Å²) in [6.45, 7) is 1.13. The molecule has 1 aliphatic rings. The average molecular weight is 252 g/mol. The van der Waals surface area contributed by atoms with Gasteiger partial charge in [0, 0.05) is 6.61 Å². The molecule has 0 aliphatic carbocycles. The van der Waals surface area contributed by atoms with Crippen molar-refractivity contribution in [3.63, 3.8) is 0 Å². The Morgan fingerprint density at radius 2 is 2.50 bits per heavy atom. The number of carbonyl (C=O) groups is 1. The summed E-state index contributed by atoms with van der Waals surface area (Å²) in [7, 11) is 1.30. The van der Waals surface area contributed by atoms with Crippen molar-refractivity contribution < 1.29 is 19.0 Å². The zero-order valence-corrected chi connectivity index (χ0v) is 10.2. The van der Waals surface area contributed by atoms with Crippen LogP contribution in [0, 0.1) is 0 Å². The lowest BCUT2D eigenvalue weighted by atomic mass is 10.2. The predicted molar refractivity (Wildman–Crippen MR) is 64.5 cm³/mol. The maximum atomic E-state index is 11.6. The maximum absolute atomic E-state index is 11.6. The lowest BCUT2D eigenvalue weighted by Crippen LogP contribution is -2.18. The summed E-state index contributed by atoms with van der Waals surface area (Å²) in [5.41, 5.74) is 6.21. The summed E-state index contributed by atoms with van der Waals surface area (Å²) in [5, 5.41) is 0. The molecule has 1 fully saturated rings. The van der Waals surface area contributed by atoms with Crippen LogP contribution in [0.5, 0.6) is 5.88 Å². The molecule has 1 aliphatic heterocycles. The SMILES string of the molecule is COC(=O)c1cc(N)cnc1OCC1CCCO1. The fourth-order valence-corrected chi connectivity index (χ4v) is 1.79. The van der Waals surface area contributed by atoms with Gasteiger partial charge in [-0.05, 0) is 18.9 Å². The highest BCUT2D eigenvalue weighted by atomic mass is 16.5. The number of aromatic nitrogens is 1. The molecule has 2 N–H and O–H groups in total. The van der Waals surface area contributed by atoms with Gasteiger partial charge in [0.05, 0.1) is 25.1 Å². The van der Waals surface area contributed by atoms with E-state index in [-0.39, 0.29) is 17.5 Å². The van der Waals surface area contributed by atoms with E-state index in [0.717, 1.165) is 19.4 Å². The molecular weight excluding hydrogens is 236 g/mol. The first kappa shape index (κ1) is 12.6. The summed E-state index contributed by atoms with van der Waals surface area (Å²) in [6, 6.07) is 1.49. The van der Waals surface area contributed by atoms with Gasteiger partial charge in [0.2, 0.25) is 5.88 Å². The Balaban J connectivity index is 2.08. The van der Waals surface area contributed by atoms with Crippen LogP contribution in [0.3, 0.4) is 0 Å². The van der Waals surface area contributed by atoms with Crippen LogP contribution in [-0.2, 0) is 9.47 Å². The van der Waals surface area contributed by atoms with E-state index >= 15 is 0 Å². The van der Waals surface area contributed by atoms with Crippen molar-refractivity contribution in [3.8, 4) is 5.88 Å². The number of anilines is 1. The fraction of sp³-hybridized carbons (Fsp3) is 0.500. The van der Waals surface area contributed by atoms with E-state index in [1.165, 1.54) is 19.4 Å². The van der Waals surface area contributed by atoms with Gasteiger partial charge >= 0.3 is 5.97 Å². The van der Waals surface area contributed by atoms with E-state index in [1.807, 2.05) is 0 Å². The van der Waals surface area contributed by atoms with Crippen molar-refractivity contribution in [2.24, 2.45) is 0 Å². The van der Waals surface area contributed by atoms with Crippen molar-refractivity contribution in [2.75, 3.05) is 26.1 Å². The van der Waals surface area contributed by atoms with Gasteiger partial charge in [0.25, 0.3) is 0 Å². The van der Waals surface area contributed by atoms with Gasteiger partial charge in [-0.25, -0.2) is 9.78 Å². The van der Waals surface area contributed by atoms with Crippen molar-refractivity contribution >= 4 is 11.7 Å². The molecule has 18 heavy (non-hydrogen) atoms. The molecule has 0 aromatic carbocycles.